The fourth-order valence-electron chi connectivity index (χ4n) is 4.70. The Hall–Kier alpha value is -0.610. The van der Waals surface area contributed by atoms with Gasteiger partial charge in [0, 0.05) is 31.2 Å². The van der Waals surface area contributed by atoms with Crippen molar-refractivity contribution in [3.8, 4) is 0 Å². The van der Waals surface area contributed by atoms with Gasteiger partial charge in [-0.3, -0.25) is 4.79 Å². The number of ether oxygens (including phenoxy) is 1. The topological polar surface area (TPSA) is 41.6 Å². The van der Waals surface area contributed by atoms with E-state index in [0.717, 1.165) is 39.0 Å². The maximum absolute atomic E-state index is 12.5. The lowest BCUT2D eigenvalue weighted by atomic mass is 9.60. The van der Waals surface area contributed by atoms with Crippen LogP contribution in [0.2, 0.25) is 0 Å². The predicted molar refractivity (Wildman–Crippen MR) is 83.1 cm³/mol. The quantitative estimate of drug-likeness (QED) is 0.846. The Morgan fingerprint density at radius 2 is 1.95 bits per heavy atom. The van der Waals surface area contributed by atoms with E-state index in [1.807, 2.05) is 11.8 Å². The third kappa shape index (κ3) is 2.72. The Bertz CT molecular complexity index is 373. The second kappa shape index (κ2) is 6.25. The SMILES string of the molecule is CCOC1CC(NC(C)C(=O)N2CCCC2)C12CCCC2. The van der Waals surface area contributed by atoms with E-state index in [4.69, 9.17) is 4.74 Å². The van der Waals surface area contributed by atoms with Gasteiger partial charge in [0.2, 0.25) is 5.91 Å². The molecule has 3 unspecified atom stereocenters. The number of carbonyl (C=O) groups is 1. The van der Waals surface area contributed by atoms with Crippen LogP contribution in [-0.2, 0) is 9.53 Å². The lowest BCUT2D eigenvalue weighted by Crippen LogP contribution is -2.65. The Morgan fingerprint density at radius 3 is 2.57 bits per heavy atom. The Kier molecular flexibility index (Phi) is 4.55. The minimum absolute atomic E-state index is 0.0480. The van der Waals surface area contributed by atoms with Gasteiger partial charge in [0.25, 0.3) is 0 Å². The molecule has 1 spiro atoms. The van der Waals surface area contributed by atoms with Crippen LogP contribution in [0.1, 0.15) is 58.8 Å². The highest BCUT2D eigenvalue weighted by Crippen LogP contribution is 2.54. The molecule has 4 heteroatoms. The molecule has 1 saturated heterocycles. The molecule has 0 radical (unpaired) electrons. The van der Waals surface area contributed by atoms with Crippen LogP contribution in [0.4, 0.5) is 0 Å². The van der Waals surface area contributed by atoms with E-state index < -0.39 is 0 Å². The molecule has 1 aliphatic heterocycles. The summed E-state index contributed by atoms with van der Waals surface area (Å²) in [7, 11) is 0. The third-order valence-corrected chi connectivity index (χ3v) is 5.93. The summed E-state index contributed by atoms with van der Waals surface area (Å²) in [6, 6.07) is 0.422. The largest absolute Gasteiger partial charge is 0.378 e. The minimum atomic E-state index is -0.0480. The zero-order chi connectivity index (χ0) is 14.9. The first-order valence-corrected chi connectivity index (χ1v) is 8.84. The molecule has 21 heavy (non-hydrogen) atoms. The van der Waals surface area contributed by atoms with Gasteiger partial charge < -0.3 is 15.0 Å². The van der Waals surface area contributed by atoms with Gasteiger partial charge in [0.15, 0.2) is 0 Å². The molecular formula is C17H30N2O2. The molecule has 0 aromatic rings. The zero-order valence-electron chi connectivity index (χ0n) is 13.6. The van der Waals surface area contributed by atoms with Gasteiger partial charge in [0.05, 0.1) is 12.1 Å². The van der Waals surface area contributed by atoms with Gasteiger partial charge in [-0.25, -0.2) is 0 Å². The van der Waals surface area contributed by atoms with Crippen molar-refractivity contribution in [3.05, 3.63) is 0 Å². The average Bonchev–Trinajstić information content (AvgIpc) is 3.17. The van der Waals surface area contributed by atoms with Crippen molar-refractivity contribution in [3.63, 3.8) is 0 Å². The van der Waals surface area contributed by atoms with E-state index in [2.05, 4.69) is 12.2 Å². The fourth-order valence-corrected chi connectivity index (χ4v) is 4.70. The number of rotatable bonds is 5. The van der Waals surface area contributed by atoms with Crippen molar-refractivity contribution in [2.45, 2.75) is 77.0 Å². The van der Waals surface area contributed by atoms with Gasteiger partial charge in [-0.15, -0.1) is 0 Å². The molecule has 0 aromatic carbocycles. The average molecular weight is 294 g/mol. The summed E-state index contributed by atoms with van der Waals surface area (Å²) in [5.74, 6) is 0.292. The third-order valence-electron chi connectivity index (χ3n) is 5.93. The highest BCUT2D eigenvalue weighted by Gasteiger charge is 2.57. The summed E-state index contributed by atoms with van der Waals surface area (Å²) < 4.78 is 5.95. The number of carbonyl (C=O) groups excluding carboxylic acids is 1. The van der Waals surface area contributed by atoms with E-state index in [1.165, 1.54) is 25.7 Å². The van der Waals surface area contributed by atoms with Crippen LogP contribution in [-0.4, -0.2) is 48.7 Å². The maximum atomic E-state index is 12.5. The molecule has 4 nitrogen and oxygen atoms in total. The molecule has 3 fully saturated rings. The maximum Gasteiger partial charge on any atom is 0.239 e. The van der Waals surface area contributed by atoms with E-state index in [1.54, 1.807) is 0 Å². The predicted octanol–water partition coefficient (Wildman–Crippen LogP) is 2.32. The lowest BCUT2D eigenvalue weighted by molar-refractivity contribution is -0.143. The molecule has 3 aliphatic rings. The summed E-state index contributed by atoms with van der Waals surface area (Å²) in [6.45, 7) is 6.83. The smallest absolute Gasteiger partial charge is 0.239 e. The summed E-state index contributed by atoms with van der Waals surface area (Å²) in [5, 5.41) is 3.64. The molecule has 2 aliphatic carbocycles. The van der Waals surface area contributed by atoms with Crippen LogP contribution in [0, 0.1) is 5.41 Å². The Labute approximate surface area is 128 Å². The van der Waals surface area contributed by atoms with Crippen LogP contribution in [0.3, 0.4) is 0 Å². The molecule has 1 amide bonds. The second-order valence-corrected chi connectivity index (χ2v) is 7.09. The van der Waals surface area contributed by atoms with Crippen molar-refractivity contribution < 1.29 is 9.53 Å². The van der Waals surface area contributed by atoms with E-state index >= 15 is 0 Å². The first kappa shape index (κ1) is 15.3. The second-order valence-electron chi connectivity index (χ2n) is 7.09. The molecule has 0 bridgehead atoms. The monoisotopic (exact) mass is 294 g/mol. The molecule has 1 heterocycles. The van der Waals surface area contributed by atoms with Crippen molar-refractivity contribution in [1.82, 2.24) is 10.2 Å². The number of nitrogens with one attached hydrogen (secondary N) is 1. The van der Waals surface area contributed by atoms with Gasteiger partial charge in [-0.1, -0.05) is 12.8 Å². The van der Waals surface area contributed by atoms with Crippen molar-refractivity contribution in [2.75, 3.05) is 19.7 Å². The number of likely N-dealkylation sites (tertiary alicyclic amines) is 1. The van der Waals surface area contributed by atoms with Gasteiger partial charge in [-0.05, 0) is 46.0 Å². The first-order valence-electron chi connectivity index (χ1n) is 8.84. The summed E-state index contributed by atoms with van der Waals surface area (Å²) >= 11 is 0. The van der Waals surface area contributed by atoms with Crippen molar-refractivity contribution in [1.29, 1.82) is 0 Å². The van der Waals surface area contributed by atoms with Crippen LogP contribution in [0.15, 0.2) is 0 Å². The van der Waals surface area contributed by atoms with Crippen molar-refractivity contribution in [2.24, 2.45) is 5.41 Å². The van der Waals surface area contributed by atoms with Gasteiger partial charge in [-0.2, -0.15) is 0 Å². The van der Waals surface area contributed by atoms with Crippen LogP contribution in [0.5, 0.6) is 0 Å². The number of hydrogen-bond acceptors (Lipinski definition) is 3. The summed E-state index contributed by atoms with van der Waals surface area (Å²) in [6.07, 6.45) is 8.98. The highest BCUT2D eigenvalue weighted by atomic mass is 16.5. The Balaban J connectivity index is 1.58. The summed E-state index contributed by atoms with van der Waals surface area (Å²) in [5.41, 5.74) is 0.315. The molecular weight excluding hydrogens is 264 g/mol. The molecule has 2 saturated carbocycles. The first-order chi connectivity index (χ1) is 10.2. The molecule has 3 rings (SSSR count). The van der Waals surface area contributed by atoms with Crippen LogP contribution >= 0.6 is 0 Å². The molecule has 120 valence electrons. The van der Waals surface area contributed by atoms with Gasteiger partial charge >= 0.3 is 0 Å². The van der Waals surface area contributed by atoms with E-state index in [-0.39, 0.29) is 6.04 Å². The standard InChI is InChI=1S/C17H30N2O2/c1-3-21-15-12-14(17(15)8-4-5-9-17)18-13(2)16(20)19-10-6-7-11-19/h13-15,18H,3-12H2,1-2H3. The normalized spacial score (nSPS) is 32.4. The van der Waals surface area contributed by atoms with E-state index in [0.29, 0.717) is 23.5 Å². The van der Waals surface area contributed by atoms with Crippen molar-refractivity contribution >= 4 is 5.91 Å². The number of nitrogens with zero attached hydrogens (tertiary/aromatic N) is 1. The summed E-state index contributed by atoms with van der Waals surface area (Å²) in [4.78, 5) is 14.5. The molecule has 3 atom stereocenters. The van der Waals surface area contributed by atoms with Crippen LogP contribution < -0.4 is 5.32 Å². The number of amides is 1. The Morgan fingerprint density at radius 1 is 1.29 bits per heavy atom. The molecule has 1 N–H and O–H groups in total. The highest BCUT2D eigenvalue weighted by molar-refractivity contribution is 5.81. The van der Waals surface area contributed by atoms with Gasteiger partial charge in [0.1, 0.15) is 0 Å². The minimum Gasteiger partial charge on any atom is -0.378 e. The van der Waals surface area contributed by atoms with E-state index in [9.17, 15) is 4.79 Å². The number of hydrogen-bond donors (Lipinski definition) is 1. The molecule has 0 aromatic heterocycles. The van der Waals surface area contributed by atoms with Crippen LogP contribution in [0.25, 0.3) is 0 Å². The lowest BCUT2D eigenvalue weighted by Gasteiger charge is -2.55. The fraction of sp³-hybridized carbons (Fsp3) is 0.941. The zero-order valence-corrected chi connectivity index (χ0v) is 13.6.